The average Bonchev–Trinajstić information content (AvgIpc) is 1.55. The lowest BCUT2D eigenvalue weighted by Crippen LogP contribution is -2.15. The van der Waals surface area contributed by atoms with Gasteiger partial charge in [0, 0.05) is 91.3 Å². The van der Waals surface area contributed by atoms with Crippen LogP contribution < -0.4 is 0 Å². The Kier molecular flexibility index (Phi) is 14.7. The van der Waals surface area contributed by atoms with Crippen molar-refractivity contribution < 1.29 is 0 Å². The van der Waals surface area contributed by atoms with Gasteiger partial charge >= 0.3 is 0 Å². The van der Waals surface area contributed by atoms with Crippen LogP contribution in [0, 0.1) is 0 Å². The number of aromatic nitrogens is 9. The van der Waals surface area contributed by atoms with E-state index >= 15 is 0 Å². The van der Waals surface area contributed by atoms with E-state index in [9.17, 15) is 0 Å². The molecule has 6 heterocycles. The fraction of sp³-hybridized carbons (Fsp3) is 0.0588. The minimum atomic E-state index is -0.161. The number of benzene rings is 15. The summed E-state index contributed by atoms with van der Waals surface area (Å²) in [7, 11) is 0. The van der Waals surface area contributed by atoms with E-state index in [0.717, 1.165) is 77.6 Å². The van der Waals surface area contributed by atoms with Crippen LogP contribution in [0.15, 0.2) is 346 Å². The minimum absolute atomic E-state index is 0.145. The average molecular weight is 1450 g/mol. The Labute approximate surface area is 650 Å². The summed E-state index contributed by atoms with van der Waals surface area (Å²) in [5.41, 5.74) is 26.4. The fourth-order valence-electron chi connectivity index (χ4n) is 18.0. The topological polar surface area (TPSA) is 92.1 Å². The Morgan fingerprint density at radius 2 is 0.589 bits per heavy atom. The summed E-state index contributed by atoms with van der Waals surface area (Å²) in [5.74, 6) is 3.74. The lowest BCUT2D eigenvalue weighted by molar-refractivity contribution is 0.660. The van der Waals surface area contributed by atoms with Gasteiger partial charge in [0.2, 0.25) is 11.9 Å². The lowest BCUT2D eigenvalue weighted by atomic mass is 9.82. The third-order valence-electron chi connectivity index (χ3n) is 23.5. The summed E-state index contributed by atoms with van der Waals surface area (Å²) in [6.45, 7) is 9.33. The molecular weight excluding hydrogens is 1380 g/mol. The van der Waals surface area contributed by atoms with Gasteiger partial charge in [-0.25, -0.2) is 9.97 Å². The van der Waals surface area contributed by atoms with E-state index in [0.29, 0.717) is 35.2 Å². The van der Waals surface area contributed by atoms with Crippen LogP contribution in [0.3, 0.4) is 0 Å². The summed E-state index contributed by atoms with van der Waals surface area (Å²) < 4.78 is 9.26. The van der Waals surface area contributed by atoms with Crippen molar-refractivity contribution in [1.29, 1.82) is 0 Å². The molecule has 6 aromatic heterocycles. The standard InChI is InChI=1S/C54H37N5.C48H32N4S/c1-54(2)45-22-12-9-19-39(45)42-32-44-41-21-11-14-24-48(41)59(50(44)33-46(42)54)53-56-51(36-27-25-35(26-28-36)34-15-5-3-6-16-34)55-52(57-53)37-29-30-49-43(31-37)40-20-10-13-23-47(40)58(49)38-17-7-4-8-18-38;1-48(2)39-20-9-6-15-32(39)37-27-38-33-16-7-10-21-41(33)52(42(38)28-40(37)48)47-50-45(31-25-23-30(24-26-31)29-13-4-3-5-14-29)49-46(51-47)36-19-12-18-35-34-17-8-11-22-43(34)53-44(35)36/h3-33H,1-2H3;3-28H,1-2H3. The Balaban J connectivity index is 0.000000138. The molecule has 0 fully saturated rings. The molecule has 0 saturated heterocycles. The van der Waals surface area contributed by atoms with E-state index in [1.54, 1.807) is 11.3 Å². The van der Waals surface area contributed by atoms with Crippen LogP contribution in [-0.4, -0.2) is 43.6 Å². The molecule has 0 atom stereocenters. The van der Waals surface area contributed by atoms with Gasteiger partial charge in [0.25, 0.3) is 0 Å². The molecule has 21 aromatic rings. The second-order valence-corrected chi connectivity index (χ2v) is 31.6. The third-order valence-corrected chi connectivity index (χ3v) is 24.7. The van der Waals surface area contributed by atoms with E-state index in [1.165, 1.54) is 103 Å². The summed E-state index contributed by atoms with van der Waals surface area (Å²) in [5, 5.41) is 9.50. The van der Waals surface area contributed by atoms with E-state index in [1.807, 2.05) is 12.1 Å². The zero-order chi connectivity index (χ0) is 74.5. The quantitative estimate of drug-likeness (QED) is 0.143. The summed E-state index contributed by atoms with van der Waals surface area (Å²) >= 11 is 1.79. The van der Waals surface area contributed by atoms with Crippen molar-refractivity contribution in [3.8, 4) is 108 Å². The number of hydrogen-bond acceptors (Lipinski definition) is 7. The Bertz CT molecular complexity index is 7410. The number of fused-ring (bicyclic) bond motifs is 18. The van der Waals surface area contributed by atoms with Gasteiger partial charge in [-0.15, -0.1) is 11.3 Å². The molecule has 0 N–H and O–H groups in total. The Morgan fingerprint density at radius 3 is 1.12 bits per heavy atom. The third kappa shape index (κ3) is 10.2. The fourth-order valence-corrected chi connectivity index (χ4v) is 19.2. The molecule has 112 heavy (non-hydrogen) atoms. The molecular formula is C102H69N9S. The van der Waals surface area contributed by atoms with Crippen molar-refractivity contribution in [2.75, 3.05) is 0 Å². The first-order valence-electron chi connectivity index (χ1n) is 38.2. The molecule has 9 nitrogen and oxygen atoms in total. The van der Waals surface area contributed by atoms with Crippen LogP contribution in [0.5, 0.6) is 0 Å². The summed E-state index contributed by atoms with van der Waals surface area (Å²) in [4.78, 5) is 31.9. The van der Waals surface area contributed by atoms with Gasteiger partial charge in [0.15, 0.2) is 23.3 Å². The van der Waals surface area contributed by atoms with Crippen molar-refractivity contribution in [3.63, 3.8) is 0 Å². The molecule has 0 unspecified atom stereocenters. The molecule has 2 aliphatic carbocycles. The molecule has 0 saturated carbocycles. The zero-order valence-corrected chi connectivity index (χ0v) is 62.7. The van der Waals surface area contributed by atoms with Gasteiger partial charge in [-0.1, -0.05) is 289 Å². The second kappa shape index (κ2) is 25.3. The Morgan fingerprint density at radius 1 is 0.223 bits per heavy atom. The van der Waals surface area contributed by atoms with Crippen LogP contribution in [0.1, 0.15) is 49.9 Å². The van der Waals surface area contributed by atoms with E-state index in [2.05, 4.69) is 375 Å². The van der Waals surface area contributed by atoms with Crippen LogP contribution in [0.4, 0.5) is 0 Å². The van der Waals surface area contributed by atoms with Crippen LogP contribution in [-0.2, 0) is 10.8 Å². The largest absolute Gasteiger partial charge is 0.309 e. The van der Waals surface area contributed by atoms with E-state index in [4.69, 9.17) is 29.9 Å². The molecule has 15 aromatic carbocycles. The maximum absolute atomic E-state index is 5.39. The predicted octanol–water partition coefficient (Wildman–Crippen LogP) is 26.0. The normalized spacial score (nSPS) is 13.1. The van der Waals surface area contributed by atoms with Crippen molar-refractivity contribution in [2.24, 2.45) is 0 Å². The van der Waals surface area contributed by atoms with Gasteiger partial charge < -0.3 is 4.57 Å². The second-order valence-electron chi connectivity index (χ2n) is 30.5. The molecule has 0 aliphatic heterocycles. The highest BCUT2D eigenvalue weighted by atomic mass is 32.1. The number of rotatable bonds is 9. The van der Waals surface area contributed by atoms with Crippen molar-refractivity contribution in [1.82, 2.24) is 43.6 Å². The molecule has 10 heteroatoms. The number of thiophene rings is 1. The minimum Gasteiger partial charge on any atom is -0.309 e. The van der Waals surface area contributed by atoms with Gasteiger partial charge in [-0.3, -0.25) is 9.13 Å². The van der Waals surface area contributed by atoms with E-state index in [-0.39, 0.29) is 10.8 Å². The lowest BCUT2D eigenvalue weighted by Gasteiger charge is -2.21. The van der Waals surface area contributed by atoms with Crippen molar-refractivity contribution in [2.45, 2.75) is 38.5 Å². The smallest absolute Gasteiger partial charge is 0.238 e. The van der Waals surface area contributed by atoms with Crippen LogP contribution >= 0.6 is 11.3 Å². The maximum atomic E-state index is 5.39. The number of hydrogen-bond donors (Lipinski definition) is 0. The van der Waals surface area contributed by atoms with Gasteiger partial charge in [0.05, 0.1) is 33.1 Å². The molecule has 0 amide bonds. The summed E-state index contributed by atoms with van der Waals surface area (Å²) in [6.07, 6.45) is 0. The van der Waals surface area contributed by atoms with Crippen LogP contribution in [0.25, 0.3) is 193 Å². The first-order valence-corrected chi connectivity index (χ1v) is 39.1. The Hall–Kier alpha value is -14.1. The highest BCUT2D eigenvalue weighted by molar-refractivity contribution is 7.26. The first kappa shape index (κ1) is 65.1. The van der Waals surface area contributed by atoms with Crippen molar-refractivity contribution in [3.05, 3.63) is 368 Å². The molecule has 0 radical (unpaired) electrons. The van der Waals surface area contributed by atoms with E-state index < -0.39 is 0 Å². The molecule has 23 rings (SSSR count). The van der Waals surface area contributed by atoms with Gasteiger partial charge in [-0.05, 0) is 152 Å². The van der Waals surface area contributed by atoms with Gasteiger partial charge in [0.1, 0.15) is 0 Å². The number of nitrogens with zero attached hydrogens (tertiary/aromatic N) is 9. The molecule has 0 bridgehead atoms. The molecule has 2 aliphatic rings. The van der Waals surface area contributed by atoms with Crippen molar-refractivity contribution >= 4 is 96.9 Å². The maximum Gasteiger partial charge on any atom is 0.238 e. The predicted molar refractivity (Wildman–Crippen MR) is 463 cm³/mol. The van der Waals surface area contributed by atoms with Crippen LogP contribution in [0.2, 0.25) is 0 Å². The SMILES string of the molecule is CC1(C)c2ccccc2-c2cc3c4ccccc4n(-c4nc(-c5ccc(-c6ccccc6)cc5)nc(-c5ccc6c(c5)c5ccccc5n6-c5ccccc5)n4)c3cc21.CC1(C)c2ccccc2-c2cc3c4ccccc4n(-c4nc(-c5ccc(-c6ccccc6)cc5)nc(-c5cccc6c5sc5ccccc56)n4)c3cc21. The zero-order valence-electron chi connectivity index (χ0n) is 61.8. The molecule has 0 spiro atoms. The molecule has 528 valence electrons. The summed E-state index contributed by atoms with van der Waals surface area (Å²) in [6, 6.07) is 123. The van der Waals surface area contributed by atoms with Gasteiger partial charge in [-0.2, -0.15) is 19.9 Å². The first-order chi connectivity index (χ1) is 55.0. The highest BCUT2D eigenvalue weighted by Gasteiger charge is 2.38. The number of para-hydroxylation sites is 4. The monoisotopic (exact) mass is 1450 g/mol. The highest BCUT2D eigenvalue weighted by Crippen LogP contribution is 2.53.